The Balaban J connectivity index is 1.48. The van der Waals surface area contributed by atoms with Gasteiger partial charge in [-0.2, -0.15) is 0 Å². The van der Waals surface area contributed by atoms with E-state index in [4.69, 9.17) is 25.7 Å². The molecule has 2 atom stereocenters. The summed E-state index contributed by atoms with van der Waals surface area (Å²) in [6.07, 6.45) is 5.24. The highest BCUT2D eigenvalue weighted by Crippen LogP contribution is 2.28. The highest BCUT2D eigenvalue weighted by molar-refractivity contribution is 5.98. The summed E-state index contributed by atoms with van der Waals surface area (Å²) >= 11 is 0. The van der Waals surface area contributed by atoms with Gasteiger partial charge in [0, 0.05) is 24.9 Å². The summed E-state index contributed by atoms with van der Waals surface area (Å²) < 4.78 is 30.7. The summed E-state index contributed by atoms with van der Waals surface area (Å²) in [5, 5.41) is 6.16. The Hall–Kier alpha value is -3.61. The van der Waals surface area contributed by atoms with E-state index in [0.29, 0.717) is 49.0 Å². The van der Waals surface area contributed by atoms with E-state index in [9.17, 15) is 9.18 Å². The number of carbonyl (C=O) groups excluding carboxylic acids is 1. The van der Waals surface area contributed by atoms with E-state index in [-0.39, 0.29) is 29.3 Å². The molecule has 198 valence electrons. The number of nitrogens with zero attached hydrogens (tertiary/aromatic N) is 3. The fraction of sp³-hybridized carbons (Fsp3) is 0.440. The van der Waals surface area contributed by atoms with Crippen molar-refractivity contribution in [1.82, 2.24) is 15.0 Å². The number of benzene rings is 1. The van der Waals surface area contributed by atoms with Crippen LogP contribution >= 0.6 is 0 Å². The highest BCUT2D eigenvalue weighted by Gasteiger charge is 2.24. The molecule has 2 heterocycles. The predicted octanol–water partition coefficient (Wildman–Crippen LogP) is 2.73. The minimum absolute atomic E-state index is 0.0171. The third kappa shape index (κ3) is 7.00. The average Bonchev–Trinajstić information content (AvgIpc) is 2.89. The van der Waals surface area contributed by atoms with Gasteiger partial charge in [0.1, 0.15) is 12.4 Å². The fourth-order valence-corrected chi connectivity index (χ4v) is 4.11. The molecule has 1 saturated carbocycles. The smallest absolute Gasteiger partial charge is 0.252 e. The topological polar surface area (TPSA) is 160 Å². The zero-order valence-corrected chi connectivity index (χ0v) is 20.7. The fourth-order valence-electron chi connectivity index (χ4n) is 4.11. The lowest BCUT2D eigenvalue weighted by Gasteiger charge is -2.30. The largest absolute Gasteiger partial charge is 0.474 e. The zero-order chi connectivity index (χ0) is 26.2. The number of aromatic nitrogens is 3. The molecule has 0 saturated heterocycles. The van der Waals surface area contributed by atoms with Crippen LogP contribution in [0.25, 0.3) is 11.0 Å². The third-order valence-corrected chi connectivity index (χ3v) is 6.08. The Morgan fingerprint density at radius 1 is 1.08 bits per heavy atom. The van der Waals surface area contributed by atoms with Crippen molar-refractivity contribution in [3.8, 4) is 5.88 Å². The molecular formula is C25H32FN7O4. The van der Waals surface area contributed by atoms with Gasteiger partial charge in [-0.15, -0.1) is 0 Å². The van der Waals surface area contributed by atoms with Gasteiger partial charge in [-0.25, -0.2) is 19.3 Å². The Kier molecular flexibility index (Phi) is 8.99. The second kappa shape index (κ2) is 12.6. The minimum atomic E-state index is -0.802. The number of amides is 1. The van der Waals surface area contributed by atoms with Crippen LogP contribution in [-0.4, -0.2) is 66.5 Å². The SMILES string of the molecule is COCCOCCOc1cnc2cc(Nc3nc(N[C@@H]4CCCC[C@@H]4N)c(F)cc3C(N)=O)ccc2n1. The molecule has 11 nitrogen and oxygen atoms in total. The molecule has 2 aromatic heterocycles. The zero-order valence-electron chi connectivity index (χ0n) is 20.7. The molecule has 12 heteroatoms. The molecule has 37 heavy (non-hydrogen) atoms. The van der Waals surface area contributed by atoms with Crippen LogP contribution in [0.1, 0.15) is 36.0 Å². The first-order valence-electron chi connectivity index (χ1n) is 12.2. The molecule has 3 aromatic rings. The number of ether oxygens (including phenoxy) is 3. The second-order valence-corrected chi connectivity index (χ2v) is 8.77. The lowest BCUT2D eigenvalue weighted by molar-refractivity contribution is 0.0537. The summed E-state index contributed by atoms with van der Waals surface area (Å²) in [5.41, 5.74) is 13.4. The number of primary amides is 1. The average molecular weight is 514 g/mol. The molecule has 1 aromatic carbocycles. The number of nitrogens with one attached hydrogen (secondary N) is 2. The van der Waals surface area contributed by atoms with Crippen LogP contribution in [0.3, 0.4) is 0 Å². The van der Waals surface area contributed by atoms with Crippen molar-refractivity contribution in [2.45, 2.75) is 37.8 Å². The van der Waals surface area contributed by atoms with E-state index in [0.717, 1.165) is 31.7 Å². The van der Waals surface area contributed by atoms with Gasteiger partial charge in [0.15, 0.2) is 11.6 Å². The number of fused-ring (bicyclic) bond motifs is 1. The van der Waals surface area contributed by atoms with Gasteiger partial charge in [-0.1, -0.05) is 12.8 Å². The van der Waals surface area contributed by atoms with Crippen molar-refractivity contribution in [3.63, 3.8) is 0 Å². The Labute approximate surface area is 214 Å². The van der Waals surface area contributed by atoms with Crippen molar-refractivity contribution in [3.05, 3.63) is 41.8 Å². The van der Waals surface area contributed by atoms with Crippen LogP contribution in [0.2, 0.25) is 0 Å². The number of pyridine rings is 1. The number of nitrogens with two attached hydrogens (primary N) is 2. The molecule has 1 aliphatic carbocycles. The maximum atomic E-state index is 14.8. The number of rotatable bonds is 12. The molecular weight excluding hydrogens is 481 g/mol. The predicted molar refractivity (Wildman–Crippen MR) is 138 cm³/mol. The van der Waals surface area contributed by atoms with Gasteiger partial charge in [0.25, 0.3) is 5.91 Å². The van der Waals surface area contributed by atoms with Crippen molar-refractivity contribution in [2.24, 2.45) is 11.5 Å². The maximum Gasteiger partial charge on any atom is 0.252 e. The molecule has 0 aliphatic heterocycles. The minimum Gasteiger partial charge on any atom is -0.474 e. The summed E-state index contributed by atoms with van der Waals surface area (Å²) in [4.78, 5) is 25.2. The van der Waals surface area contributed by atoms with E-state index >= 15 is 0 Å². The maximum absolute atomic E-state index is 14.8. The molecule has 1 amide bonds. The Morgan fingerprint density at radius 2 is 1.89 bits per heavy atom. The number of halogens is 1. The molecule has 0 unspecified atom stereocenters. The summed E-state index contributed by atoms with van der Waals surface area (Å²) in [6, 6.07) is 6.11. The first-order chi connectivity index (χ1) is 17.9. The standard InChI is InChI=1S/C25H32FN7O4/c1-35-8-9-36-10-11-37-22-14-29-21-12-15(6-7-20(21)31-22)30-24-16(23(28)34)13-17(26)25(33-24)32-19-5-3-2-4-18(19)27/h6-7,12-14,18-19H,2-5,8-11,27H2,1H3,(H2,28,34)(H2,30,32,33)/t18-,19+/m0/s1. The summed E-state index contributed by atoms with van der Waals surface area (Å²) in [7, 11) is 1.61. The van der Waals surface area contributed by atoms with Gasteiger partial charge in [0.2, 0.25) is 5.88 Å². The van der Waals surface area contributed by atoms with E-state index in [1.165, 1.54) is 6.20 Å². The number of methoxy groups -OCH3 is 1. The quantitative estimate of drug-likeness (QED) is 0.265. The van der Waals surface area contributed by atoms with E-state index in [2.05, 4.69) is 25.6 Å². The highest BCUT2D eigenvalue weighted by atomic mass is 19.1. The molecule has 1 aliphatic rings. The number of anilines is 3. The van der Waals surface area contributed by atoms with Crippen molar-refractivity contribution >= 4 is 34.3 Å². The molecule has 1 fully saturated rings. The monoisotopic (exact) mass is 513 g/mol. The van der Waals surface area contributed by atoms with Gasteiger partial charge in [-0.05, 0) is 37.1 Å². The molecule has 6 N–H and O–H groups in total. The van der Waals surface area contributed by atoms with Gasteiger partial charge < -0.3 is 36.3 Å². The van der Waals surface area contributed by atoms with Gasteiger partial charge in [-0.3, -0.25) is 4.79 Å². The lowest BCUT2D eigenvalue weighted by Crippen LogP contribution is -2.43. The van der Waals surface area contributed by atoms with Gasteiger partial charge >= 0.3 is 0 Å². The molecule has 4 rings (SSSR count). The lowest BCUT2D eigenvalue weighted by atomic mass is 9.91. The van der Waals surface area contributed by atoms with Crippen molar-refractivity contribution in [1.29, 1.82) is 0 Å². The number of hydrogen-bond acceptors (Lipinski definition) is 10. The van der Waals surface area contributed by atoms with Crippen LogP contribution in [0, 0.1) is 5.82 Å². The van der Waals surface area contributed by atoms with Crippen molar-refractivity contribution in [2.75, 3.05) is 44.2 Å². The molecule has 0 radical (unpaired) electrons. The summed E-state index contributed by atoms with van der Waals surface area (Å²) in [6.45, 7) is 1.75. The molecule has 0 spiro atoms. The first kappa shape index (κ1) is 26.5. The van der Waals surface area contributed by atoms with Gasteiger partial charge in [0.05, 0.1) is 42.6 Å². The number of hydrogen-bond donors (Lipinski definition) is 4. The van der Waals surface area contributed by atoms with E-state index < -0.39 is 11.7 Å². The van der Waals surface area contributed by atoms with Crippen LogP contribution in [0.15, 0.2) is 30.5 Å². The van der Waals surface area contributed by atoms with Crippen LogP contribution < -0.4 is 26.8 Å². The van der Waals surface area contributed by atoms with Crippen LogP contribution in [0.5, 0.6) is 5.88 Å². The van der Waals surface area contributed by atoms with Crippen molar-refractivity contribution < 1.29 is 23.4 Å². The first-order valence-corrected chi connectivity index (χ1v) is 12.2. The Bertz CT molecular complexity index is 1230. The Morgan fingerprint density at radius 3 is 2.68 bits per heavy atom. The third-order valence-electron chi connectivity index (χ3n) is 6.08. The summed E-state index contributed by atoms with van der Waals surface area (Å²) in [5.74, 6) is -0.956. The van der Waals surface area contributed by atoms with E-state index in [1.807, 2.05) is 0 Å². The van der Waals surface area contributed by atoms with Crippen LogP contribution in [0.4, 0.5) is 21.7 Å². The second-order valence-electron chi connectivity index (χ2n) is 8.77. The number of carbonyl (C=O) groups is 1. The van der Waals surface area contributed by atoms with E-state index in [1.54, 1.807) is 25.3 Å². The molecule has 0 bridgehead atoms. The van der Waals surface area contributed by atoms with Crippen LogP contribution in [-0.2, 0) is 9.47 Å². The normalized spacial score (nSPS) is 17.5.